The second kappa shape index (κ2) is 5.48. The van der Waals surface area contributed by atoms with Crippen LogP contribution in [-0.4, -0.2) is 37.1 Å². The quantitative estimate of drug-likeness (QED) is 0.917. The average molecular weight is 319 g/mol. The molecule has 1 aromatic rings. The topological polar surface area (TPSA) is 55.6 Å². The fourth-order valence-corrected chi connectivity index (χ4v) is 3.36. The van der Waals surface area contributed by atoms with Gasteiger partial charge in [-0.2, -0.15) is 0 Å². The summed E-state index contributed by atoms with van der Waals surface area (Å²) in [5.74, 6) is -0.122. The van der Waals surface area contributed by atoms with Crippen molar-refractivity contribution in [2.24, 2.45) is 11.7 Å². The molecule has 0 radical (unpaired) electrons. The van der Waals surface area contributed by atoms with E-state index in [-0.39, 0.29) is 17.9 Å². The summed E-state index contributed by atoms with van der Waals surface area (Å²) >= 11 is 5.04. The van der Waals surface area contributed by atoms with Crippen LogP contribution in [-0.2, 0) is 16.1 Å². The molecule has 0 spiro atoms. The lowest BCUT2D eigenvalue weighted by atomic mass is 10.0. The minimum atomic E-state index is -0.191. The molecule has 1 aromatic heterocycles. The summed E-state index contributed by atoms with van der Waals surface area (Å²) in [5, 5.41) is 2.01. The maximum absolute atomic E-state index is 12.1. The van der Waals surface area contributed by atoms with Crippen LogP contribution in [0.2, 0.25) is 0 Å². The van der Waals surface area contributed by atoms with Crippen LogP contribution >= 0.6 is 27.3 Å². The first-order valence-electron chi connectivity index (χ1n) is 5.39. The molecule has 1 aliphatic rings. The van der Waals surface area contributed by atoms with Crippen molar-refractivity contribution in [3.8, 4) is 0 Å². The smallest absolute Gasteiger partial charge is 0.229 e. The summed E-state index contributed by atoms with van der Waals surface area (Å²) in [4.78, 5) is 15.0. The Morgan fingerprint density at radius 1 is 1.71 bits per heavy atom. The number of halogens is 1. The zero-order valence-corrected chi connectivity index (χ0v) is 12.0. The Morgan fingerprint density at radius 3 is 3.00 bits per heavy atom. The predicted octanol–water partition coefficient (Wildman–Crippen LogP) is 1.44. The molecule has 0 aromatic carbocycles. The number of hydrogen-bond donors (Lipinski definition) is 1. The maximum Gasteiger partial charge on any atom is 0.229 e. The second-order valence-corrected chi connectivity index (χ2v) is 6.14. The van der Waals surface area contributed by atoms with E-state index in [0.717, 1.165) is 9.35 Å². The van der Waals surface area contributed by atoms with E-state index in [1.165, 1.54) is 0 Å². The molecule has 94 valence electrons. The Bertz CT molecular complexity index is 410. The highest BCUT2D eigenvalue weighted by Crippen LogP contribution is 2.22. The number of nitrogens with two attached hydrogens (primary N) is 1. The highest BCUT2D eigenvalue weighted by Gasteiger charge is 2.33. The van der Waals surface area contributed by atoms with E-state index in [1.54, 1.807) is 23.3 Å². The van der Waals surface area contributed by atoms with Gasteiger partial charge in [0.1, 0.15) is 0 Å². The maximum atomic E-state index is 12.1. The van der Waals surface area contributed by atoms with E-state index in [1.807, 2.05) is 11.4 Å². The number of ether oxygens (including phenoxy) is 1. The van der Waals surface area contributed by atoms with Gasteiger partial charge in [0, 0.05) is 27.8 Å². The van der Waals surface area contributed by atoms with Gasteiger partial charge in [0.25, 0.3) is 0 Å². The summed E-state index contributed by atoms with van der Waals surface area (Å²) < 4.78 is 6.27. The van der Waals surface area contributed by atoms with Gasteiger partial charge in [-0.3, -0.25) is 4.79 Å². The molecule has 2 heterocycles. The molecule has 2 rings (SSSR count). The number of amides is 1. The average Bonchev–Trinajstić information content (AvgIpc) is 2.86. The van der Waals surface area contributed by atoms with Gasteiger partial charge >= 0.3 is 0 Å². The lowest BCUT2D eigenvalue weighted by molar-refractivity contribution is -0.134. The fraction of sp³-hybridized carbons (Fsp3) is 0.545. The zero-order chi connectivity index (χ0) is 12.4. The van der Waals surface area contributed by atoms with Crippen LogP contribution in [0.1, 0.15) is 4.88 Å². The third-order valence-corrected chi connectivity index (χ3v) is 4.52. The summed E-state index contributed by atoms with van der Waals surface area (Å²) in [6.07, 6.45) is 0. The molecule has 0 aliphatic carbocycles. The van der Waals surface area contributed by atoms with Gasteiger partial charge in [-0.25, -0.2) is 0 Å². The number of nitrogens with zero attached hydrogens (tertiary/aromatic N) is 1. The minimum absolute atomic E-state index is 0.0690. The van der Waals surface area contributed by atoms with Crippen molar-refractivity contribution in [2.75, 3.05) is 20.3 Å². The first-order chi connectivity index (χ1) is 8.08. The Kier molecular flexibility index (Phi) is 4.19. The molecule has 0 saturated carbocycles. The second-order valence-electron chi connectivity index (χ2n) is 4.23. The molecule has 0 bridgehead atoms. The standard InChI is InChI=1S/C11H15BrN2O2S/c1-14(3-8-2-7(12)6-17-8)11(15)9-4-16-5-10(9)13/h2,6,9-10H,3-5,13H2,1H3. The molecular formula is C11H15BrN2O2S. The first kappa shape index (κ1) is 13.0. The van der Waals surface area contributed by atoms with Crippen molar-refractivity contribution in [3.63, 3.8) is 0 Å². The molecule has 2 N–H and O–H groups in total. The SMILES string of the molecule is CN(Cc1cc(Br)cs1)C(=O)C1COCC1N. The minimum Gasteiger partial charge on any atom is -0.379 e. The normalized spacial score (nSPS) is 23.9. The molecule has 1 amide bonds. The van der Waals surface area contributed by atoms with Crippen LogP contribution in [0.4, 0.5) is 0 Å². The Labute approximate surface area is 113 Å². The van der Waals surface area contributed by atoms with E-state index in [4.69, 9.17) is 10.5 Å². The van der Waals surface area contributed by atoms with E-state index >= 15 is 0 Å². The van der Waals surface area contributed by atoms with E-state index in [0.29, 0.717) is 19.8 Å². The van der Waals surface area contributed by atoms with Crippen LogP contribution in [0.5, 0.6) is 0 Å². The Hall–Kier alpha value is -0.430. The van der Waals surface area contributed by atoms with Gasteiger partial charge in [-0.05, 0) is 22.0 Å². The van der Waals surface area contributed by atoms with Crippen LogP contribution in [0.3, 0.4) is 0 Å². The molecule has 2 atom stereocenters. The molecule has 4 nitrogen and oxygen atoms in total. The van der Waals surface area contributed by atoms with Gasteiger partial charge in [0.05, 0.1) is 25.7 Å². The van der Waals surface area contributed by atoms with E-state index in [2.05, 4.69) is 15.9 Å². The van der Waals surface area contributed by atoms with Crippen molar-refractivity contribution in [2.45, 2.75) is 12.6 Å². The molecule has 17 heavy (non-hydrogen) atoms. The molecule has 1 saturated heterocycles. The van der Waals surface area contributed by atoms with Gasteiger partial charge in [0.15, 0.2) is 0 Å². The monoisotopic (exact) mass is 318 g/mol. The number of carbonyl (C=O) groups excluding carboxylic acids is 1. The van der Waals surface area contributed by atoms with Crippen molar-refractivity contribution >= 4 is 33.2 Å². The van der Waals surface area contributed by atoms with Gasteiger partial charge < -0.3 is 15.4 Å². The third-order valence-electron chi connectivity index (χ3n) is 2.83. The summed E-state index contributed by atoms with van der Waals surface area (Å²) in [7, 11) is 1.81. The van der Waals surface area contributed by atoms with Crippen molar-refractivity contribution in [3.05, 3.63) is 20.8 Å². The largest absolute Gasteiger partial charge is 0.379 e. The lowest BCUT2D eigenvalue weighted by Gasteiger charge is -2.21. The van der Waals surface area contributed by atoms with Crippen LogP contribution in [0.15, 0.2) is 15.9 Å². The number of carbonyl (C=O) groups is 1. The number of thiophene rings is 1. The Balaban J connectivity index is 1.95. The van der Waals surface area contributed by atoms with E-state index < -0.39 is 0 Å². The predicted molar refractivity (Wildman–Crippen MR) is 70.8 cm³/mol. The molecule has 1 fully saturated rings. The molecular weight excluding hydrogens is 304 g/mol. The van der Waals surface area contributed by atoms with Crippen LogP contribution < -0.4 is 5.73 Å². The van der Waals surface area contributed by atoms with Crippen molar-refractivity contribution in [1.29, 1.82) is 0 Å². The van der Waals surface area contributed by atoms with E-state index in [9.17, 15) is 4.79 Å². The van der Waals surface area contributed by atoms with Gasteiger partial charge in [0.2, 0.25) is 5.91 Å². The summed E-state index contributed by atoms with van der Waals surface area (Å²) in [5.41, 5.74) is 5.84. The van der Waals surface area contributed by atoms with Crippen LogP contribution in [0.25, 0.3) is 0 Å². The van der Waals surface area contributed by atoms with Gasteiger partial charge in [-0.1, -0.05) is 0 Å². The number of rotatable bonds is 3. The fourth-order valence-electron chi connectivity index (χ4n) is 1.86. The first-order valence-corrected chi connectivity index (χ1v) is 7.06. The molecule has 1 aliphatic heterocycles. The Morgan fingerprint density at radius 2 is 2.47 bits per heavy atom. The zero-order valence-electron chi connectivity index (χ0n) is 9.56. The number of hydrogen-bond acceptors (Lipinski definition) is 4. The molecule has 2 unspecified atom stereocenters. The van der Waals surface area contributed by atoms with Crippen molar-refractivity contribution in [1.82, 2.24) is 4.90 Å². The lowest BCUT2D eigenvalue weighted by Crippen LogP contribution is -2.41. The highest BCUT2D eigenvalue weighted by atomic mass is 79.9. The summed E-state index contributed by atoms with van der Waals surface area (Å²) in [6.45, 7) is 1.55. The highest BCUT2D eigenvalue weighted by molar-refractivity contribution is 9.10. The molecule has 6 heteroatoms. The third kappa shape index (κ3) is 3.07. The summed E-state index contributed by atoms with van der Waals surface area (Å²) in [6, 6.07) is 1.86. The van der Waals surface area contributed by atoms with Crippen molar-refractivity contribution < 1.29 is 9.53 Å². The van der Waals surface area contributed by atoms with Gasteiger partial charge in [-0.15, -0.1) is 11.3 Å². The van der Waals surface area contributed by atoms with Crippen LogP contribution in [0, 0.1) is 5.92 Å².